The molecule has 0 amide bonds. The Bertz CT molecular complexity index is 851. The van der Waals surface area contributed by atoms with Gasteiger partial charge in [0, 0.05) is 4.47 Å². The van der Waals surface area contributed by atoms with Gasteiger partial charge >= 0.3 is 5.97 Å². The molecule has 25 heavy (non-hydrogen) atoms. The second-order valence-corrected chi connectivity index (χ2v) is 5.86. The van der Waals surface area contributed by atoms with Gasteiger partial charge in [-0.1, -0.05) is 28.1 Å². The Kier molecular flexibility index (Phi) is 6.20. The van der Waals surface area contributed by atoms with Gasteiger partial charge in [-0.05, 0) is 48.4 Å². The minimum absolute atomic E-state index is 0.172. The molecule has 2 aromatic rings. The number of allylic oxidation sites excluding steroid dienone is 1. The predicted octanol–water partition coefficient (Wildman–Crippen LogP) is 4.62. The van der Waals surface area contributed by atoms with E-state index in [0.29, 0.717) is 29.2 Å². The van der Waals surface area contributed by atoms with Crippen LogP contribution in [0.4, 0.5) is 0 Å². The van der Waals surface area contributed by atoms with E-state index in [2.05, 4.69) is 22.0 Å². The number of rotatable bonds is 6. The lowest BCUT2D eigenvalue weighted by atomic mass is 10.0. The monoisotopic (exact) mass is 401 g/mol. The molecule has 2 aromatic carbocycles. The second kappa shape index (κ2) is 8.36. The summed E-state index contributed by atoms with van der Waals surface area (Å²) in [5.74, 6) is 0.168. The molecule has 0 atom stereocenters. The van der Waals surface area contributed by atoms with Gasteiger partial charge in [0.2, 0.25) is 0 Å². The fourth-order valence-corrected chi connectivity index (χ4v) is 2.65. The van der Waals surface area contributed by atoms with Crippen molar-refractivity contribution in [2.75, 3.05) is 13.7 Å². The molecule has 0 aliphatic carbocycles. The van der Waals surface area contributed by atoms with E-state index in [-0.39, 0.29) is 5.56 Å². The quantitative estimate of drug-likeness (QED) is 0.564. The molecule has 128 valence electrons. The maximum atomic E-state index is 10.9. The molecular formula is C19H16BrNO4. The molecule has 0 saturated heterocycles. The minimum atomic E-state index is -1.01. The van der Waals surface area contributed by atoms with E-state index in [0.717, 1.165) is 10.0 Å². The Morgan fingerprint density at radius 2 is 1.88 bits per heavy atom. The highest BCUT2D eigenvalue weighted by molar-refractivity contribution is 9.10. The molecule has 0 spiro atoms. The van der Waals surface area contributed by atoms with Crippen molar-refractivity contribution in [3.05, 3.63) is 57.6 Å². The van der Waals surface area contributed by atoms with Crippen molar-refractivity contribution >= 4 is 33.5 Å². The fraction of sp³-hybridized carbons (Fsp3) is 0.158. The smallest absolute Gasteiger partial charge is 0.335 e. The molecule has 1 N–H and O–H groups in total. The third kappa shape index (κ3) is 4.40. The number of nitrogens with zero attached hydrogens (tertiary/aromatic N) is 1. The summed E-state index contributed by atoms with van der Waals surface area (Å²) < 4.78 is 11.6. The fourth-order valence-electron chi connectivity index (χ4n) is 2.22. The molecule has 0 aliphatic heterocycles. The summed E-state index contributed by atoms with van der Waals surface area (Å²) in [5, 5.41) is 18.4. The average molecular weight is 402 g/mol. The molecular weight excluding hydrogens is 386 g/mol. The molecule has 0 fully saturated rings. The number of methoxy groups -OCH3 is 1. The van der Waals surface area contributed by atoms with Crippen LogP contribution in [0.3, 0.4) is 0 Å². The van der Waals surface area contributed by atoms with Crippen LogP contribution >= 0.6 is 15.9 Å². The SMILES string of the molecule is CCOc1cc(/C=C(/C#N)c2ccc(C(=O)O)cc2)c(Br)cc1OC. The first-order valence-electron chi connectivity index (χ1n) is 7.46. The normalized spacial score (nSPS) is 10.9. The van der Waals surface area contributed by atoms with Crippen LogP contribution in [-0.4, -0.2) is 24.8 Å². The van der Waals surface area contributed by atoms with Crippen molar-refractivity contribution in [1.82, 2.24) is 0 Å². The minimum Gasteiger partial charge on any atom is -0.493 e. The number of carboxylic acids is 1. The maximum Gasteiger partial charge on any atom is 0.335 e. The highest BCUT2D eigenvalue weighted by atomic mass is 79.9. The van der Waals surface area contributed by atoms with Gasteiger partial charge in [-0.25, -0.2) is 4.79 Å². The first-order chi connectivity index (χ1) is 12.0. The zero-order valence-electron chi connectivity index (χ0n) is 13.7. The van der Waals surface area contributed by atoms with E-state index < -0.39 is 5.97 Å². The Morgan fingerprint density at radius 1 is 1.24 bits per heavy atom. The van der Waals surface area contributed by atoms with Crippen LogP contribution < -0.4 is 9.47 Å². The van der Waals surface area contributed by atoms with Gasteiger partial charge in [-0.15, -0.1) is 0 Å². The highest BCUT2D eigenvalue weighted by Crippen LogP contribution is 2.35. The Balaban J connectivity index is 2.47. The van der Waals surface area contributed by atoms with E-state index in [9.17, 15) is 10.1 Å². The number of carbonyl (C=O) groups is 1. The van der Waals surface area contributed by atoms with Crippen LogP contribution in [0.25, 0.3) is 11.6 Å². The van der Waals surface area contributed by atoms with E-state index in [1.165, 1.54) is 12.1 Å². The van der Waals surface area contributed by atoms with Gasteiger partial charge < -0.3 is 14.6 Å². The van der Waals surface area contributed by atoms with Crippen LogP contribution in [0.2, 0.25) is 0 Å². The Morgan fingerprint density at radius 3 is 2.40 bits per heavy atom. The molecule has 0 aliphatic rings. The molecule has 0 unspecified atom stereocenters. The van der Waals surface area contributed by atoms with Gasteiger partial charge in [0.25, 0.3) is 0 Å². The summed E-state index contributed by atoms with van der Waals surface area (Å²) in [4.78, 5) is 10.9. The lowest BCUT2D eigenvalue weighted by Gasteiger charge is -2.12. The van der Waals surface area contributed by atoms with Crippen LogP contribution in [0.15, 0.2) is 40.9 Å². The number of aromatic carboxylic acids is 1. The Hall–Kier alpha value is -2.78. The maximum absolute atomic E-state index is 10.9. The summed E-state index contributed by atoms with van der Waals surface area (Å²) in [5.41, 5.74) is 1.96. The van der Waals surface area contributed by atoms with Crippen molar-refractivity contribution in [1.29, 1.82) is 5.26 Å². The topological polar surface area (TPSA) is 79.5 Å². The molecule has 0 saturated carbocycles. The largest absolute Gasteiger partial charge is 0.493 e. The molecule has 5 nitrogen and oxygen atoms in total. The molecule has 0 aromatic heterocycles. The van der Waals surface area contributed by atoms with E-state index >= 15 is 0 Å². The van der Waals surface area contributed by atoms with Crippen molar-refractivity contribution < 1.29 is 19.4 Å². The van der Waals surface area contributed by atoms with Crippen molar-refractivity contribution in [3.63, 3.8) is 0 Å². The van der Waals surface area contributed by atoms with Crippen LogP contribution in [0, 0.1) is 11.3 Å². The molecule has 0 radical (unpaired) electrons. The van der Waals surface area contributed by atoms with E-state index in [1.54, 1.807) is 37.5 Å². The lowest BCUT2D eigenvalue weighted by molar-refractivity contribution is 0.0697. The summed E-state index contributed by atoms with van der Waals surface area (Å²) in [6.45, 7) is 2.37. The number of carboxylic acid groups (broad SMARTS) is 1. The van der Waals surface area contributed by atoms with Crippen molar-refractivity contribution in [2.45, 2.75) is 6.92 Å². The highest BCUT2D eigenvalue weighted by Gasteiger charge is 2.11. The van der Waals surface area contributed by atoms with Gasteiger partial charge in [0.15, 0.2) is 11.5 Å². The summed E-state index contributed by atoms with van der Waals surface area (Å²) in [6.07, 6.45) is 1.71. The van der Waals surface area contributed by atoms with Gasteiger partial charge in [0.1, 0.15) is 0 Å². The predicted molar refractivity (Wildman–Crippen MR) is 98.7 cm³/mol. The van der Waals surface area contributed by atoms with Crippen LogP contribution in [0.5, 0.6) is 11.5 Å². The van der Waals surface area contributed by atoms with Crippen molar-refractivity contribution in [2.24, 2.45) is 0 Å². The molecule has 0 heterocycles. The summed E-state index contributed by atoms with van der Waals surface area (Å²) >= 11 is 3.47. The van der Waals surface area contributed by atoms with Gasteiger partial charge in [0.05, 0.1) is 30.9 Å². The van der Waals surface area contributed by atoms with Crippen LogP contribution in [0.1, 0.15) is 28.4 Å². The van der Waals surface area contributed by atoms with E-state index in [1.807, 2.05) is 6.92 Å². The number of halogens is 1. The third-order valence-corrected chi connectivity index (χ3v) is 4.13. The first kappa shape index (κ1) is 18.6. The Labute approximate surface area is 154 Å². The average Bonchev–Trinajstić information content (AvgIpc) is 2.62. The second-order valence-electron chi connectivity index (χ2n) is 5.01. The van der Waals surface area contributed by atoms with Crippen LogP contribution in [-0.2, 0) is 0 Å². The summed E-state index contributed by atoms with van der Waals surface area (Å²) in [6, 6.07) is 11.9. The lowest BCUT2D eigenvalue weighted by Crippen LogP contribution is -1.97. The third-order valence-electron chi connectivity index (χ3n) is 3.45. The van der Waals surface area contributed by atoms with Gasteiger partial charge in [-0.2, -0.15) is 5.26 Å². The number of hydrogen-bond acceptors (Lipinski definition) is 4. The zero-order chi connectivity index (χ0) is 18.4. The molecule has 2 rings (SSSR count). The zero-order valence-corrected chi connectivity index (χ0v) is 15.3. The number of benzene rings is 2. The molecule has 0 bridgehead atoms. The molecule has 6 heteroatoms. The standard InChI is InChI=1S/C19H16BrNO4/c1-3-25-18-9-14(16(20)10-17(18)24-2)8-15(11-21)12-4-6-13(7-5-12)19(22)23/h4-10H,3H2,1-2H3,(H,22,23)/b15-8-. The van der Waals surface area contributed by atoms with Crippen molar-refractivity contribution in [3.8, 4) is 17.6 Å². The first-order valence-corrected chi connectivity index (χ1v) is 8.25. The number of hydrogen-bond donors (Lipinski definition) is 1. The van der Waals surface area contributed by atoms with Gasteiger partial charge in [-0.3, -0.25) is 0 Å². The number of nitriles is 1. The number of ether oxygens (including phenoxy) is 2. The van der Waals surface area contributed by atoms with E-state index in [4.69, 9.17) is 14.6 Å². The summed E-state index contributed by atoms with van der Waals surface area (Å²) in [7, 11) is 1.56.